The Hall–Kier alpha value is -0.900. The first-order chi connectivity index (χ1) is 6.44. The van der Waals surface area contributed by atoms with Crippen LogP contribution >= 0.6 is 15.9 Å². The van der Waals surface area contributed by atoms with Crippen LogP contribution in [0.5, 0.6) is 0 Å². The summed E-state index contributed by atoms with van der Waals surface area (Å²) in [6, 6.07) is 3.30. The van der Waals surface area contributed by atoms with Gasteiger partial charge >= 0.3 is 0 Å². The van der Waals surface area contributed by atoms with E-state index >= 15 is 0 Å². The summed E-state index contributed by atoms with van der Waals surface area (Å²) < 4.78 is 14.1. The van der Waals surface area contributed by atoms with Crippen LogP contribution in [0, 0.1) is 5.82 Å². The molecule has 0 aromatic heterocycles. The van der Waals surface area contributed by atoms with E-state index in [1.54, 1.807) is 26.0 Å². The van der Waals surface area contributed by atoms with Gasteiger partial charge in [0.25, 0.3) is 0 Å². The Morgan fingerprint density at radius 3 is 2.71 bits per heavy atom. The number of carbonyl (C=O) groups excluding carboxylic acids is 1. The molecule has 1 aromatic rings. The average molecular weight is 258 g/mol. The van der Waals surface area contributed by atoms with Crippen molar-refractivity contribution in [3.05, 3.63) is 28.0 Å². The molecule has 0 fully saturated rings. The van der Waals surface area contributed by atoms with Crippen LogP contribution in [0.1, 0.15) is 19.4 Å². The monoisotopic (exact) mass is 257 g/mol. The number of hydrogen-bond acceptors (Lipinski definition) is 1. The number of fused-ring (bicyclic) bond motifs is 1. The molecule has 1 aliphatic heterocycles. The van der Waals surface area contributed by atoms with Gasteiger partial charge in [-0.25, -0.2) is 4.39 Å². The fourth-order valence-electron chi connectivity index (χ4n) is 1.66. The Balaban J connectivity index is 2.74. The van der Waals surface area contributed by atoms with Gasteiger partial charge < -0.3 is 5.32 Å². The number of amides is 1. The van der Waals surface area contributed by atoms with Crippen molar-refractivity contribution in [2.45, 2.75) is 19.3 Å². The van der Waals surface area contributed by atoms with E-state index < -0.39 is 5.41 Å². The standard InChI is InChI=1S/C10H9BrFNO/c1-10(2)7-6(13-9(10)14)4-3-5(11)8(7)12/h3-4H,1-2H3,(H,13,14). The van der Waals surface area contributed by atoms with Crippen LogP contribution in [0.15, 0.2) is 16.6 Å². The topological polar surface area (TPSA) is 29.1 Å². The van der Waals surface area contributed by atoms with Gasteiger partial charge in [0.05, 0.1) is 9.89 Å². The normalized spacial score (nSPS) is 17.9. The van der Waals surface area contributed by atoms with Gasteiger partial charge in [0.2, 0.25) is 5.91 Å². The van der Waals surface area contributed by atoms with Crippen LogP contribution < -0.4 is 5.32 Å². The van der Waals surface area contributed by atoms with Crippen molar-refractivity contribution in [1.29, 1.82) is 0 Å². The van der Waals surface area contributed by atoms with Gasteiger partial charge in [-0.1, -0.05) is 0 Å². The average Bonchev–Trinajstić information content (AvgIpc) is 2.32. The Kier molecular flexibility index (Phi) is 1.93. The lowest BCUT2D eigenvalue weighted by Gasteiger charge is -2.15. The molecule has 2 rings (SSSR count). The first-order valence-electron chi connectivity index (χ1n) is 4.24. The molecule has 1 amide bonds. The molecule has 1 N–H and O–H groups in total. The molecule has 4 heteroatoms. The molecule has 1 aliphatic rings. The number of hydrogen-bond donors (Lipinski definition) is 1. The van der Waals surface area contributed by atoms with Crippen molar-refractivity contribution in [2.24, 2.45) is 0 Å². The lowest BCUT2D eigenvalue weighted by atomic mass is 9.86. The fraction of sp³-hybridized carbons (Fsp3) is 0.300. The molecule has 2 nitrogen and oxygen atoms in total. The summed E-state index contributed by atoms with van der Waals surface area (Å²) in [6.45, 7) is 3.42. The second kappa shape index (κ2) is 2.79. The Bertz CT molecular complexity index is 428. The predicted molar refractivity (Wildman–Crippen MR) is 55.8 cm³/mol. The minimum atomic E-state index is -0.788. The van der Waals surface area contributed by atoms with Gasteiger partial charge in [-0.15, -0.1) is 0 Å². The third-order valence-corrected chi connectivity index (χ3v) is 3.15. The molecule has 0 radical (unpaired) electrons. The maximum absolute atomic E-state index is 13.7. The quantitative estimate of drug-likeness (QED) is 0.761. The summed E-state index contributed by atoms with van der Waals surface area (Å²) in [4.78, 5) is 11.5. The van der Waals surface area contributed by atoms with E-state index in [4.69, 9.17) is 0 Å². The lowest BCUT2D eigenvalue weighted by Crippen LogP contribution is -2.27. The fourth-order valence-corrected chi connectivity index (χ4v) is 1.99. The summed E-state index contributed by atoms with van der Waals surface area (Å²) in [5.74, 6) is -0.518. The molecule has 1 aromatic carbocycles. The maximum atomic E-state index is 13.7. The maximum Gasteiger partial charge on any atom is 0.234 e. The number of nitrogens with one attached hydrogen (secondary N) is 1. The summed E-state index contributed by atoms with van der Waals surface area (Å²) in [5, 5.41) is 2.66. The summed E-state index contributed by atoms with van der Waals surface area (Å²) in [5.41, 5.74) is 0.223. The minimum Gasteiger partial charge on any atom is -0.325 e. The van der Waals surface area contributed by atoms with Crippen LogP contribution in [-0.4, -0.2) is 5.91 Å². The van der Waals surface area contributed by atoms with E-state index in [1.807, 2.05) is 0 Å². The molecule has 14 heavy (non-hydrogen) atoms. The molecule has 0 bridgehead atoms. The van der Waals surface area contributed by atoms with Gasteiger partial charge in [-0.2, -0.15) is 0 Å². The highest BCUT2D eigenvalue weighted by Gasteiger charge is 2.41. The molecule has 1 heterocycles. The molecule has 0 saturated heterocycles. The zero-order chi connectivity index (χ0) is 10.5. The zero-order valence-corrected chi connectivity index (χ0v) is 9.40. The van der Waals surface area contributed by atoms with Crippen LogP contribution in [0.3, 0.4) is 0 Å². The highest BCUT2D eigenvalue weighted by Crippen LogP contribution is 2.40. The Morgan fingerprint density at radius 2 is 2.07 bits per heavy atom. The van der Waals surface area contributed by atoms with Gasteiger partial charge in [-0.05, 0) is 41.9 Å². The summed E-state index contributed by atoms with van der Waals surface area (Å²) in [6.07, 6.45) is 0. The highest BCUT2D eigenvalue weighted by atomic mass is 79.9. The molecule has 0 aliphatic carbocycles. The molecule has 0 saturated carbocycles. The minimum absolute atomic E-state index is 0.162. The number of benzene rings is 1. The van der Waals surface area contributed by atoms with Crippen LogP contribution in [0.4, 0.5) is 10.1 Å². The van der Waals surface area contributed by atoms with Gasteiger partial charge in [0.1, 0.15) is 5.82 Å². The highest BCUT2D eigenvalue weighted by molar-refractivity contribution is 9.10. The van der Waals surface area contributed by atoms with E-state index in [9.17, 15) is 9.18 Å². The molecular weight excluding hydrogens is 249 g/mol. The number of rotatable bonds is 0. The van der Waals surface area contributed by atoms with Crippen LogP contribution in [0.25, 0.3) is 0 Å². The number of carbonyl (C=O) groups is 1. The van der Waals surface area contributed by atoms with Gasteiger partial charge in [0.15, 0.2) is 0 Å². The molecule has 0 atom stereocenters. The zero-order valence-electron chi connectivity index (χ0n) is 7.82. The Labute approximate surface area is 89.6 Å². The third-order valence-electron chi connectivity index (χ3n) is 2.54. The molecular formula is C10H9BrFNO. The molecule has 0 unspecified atom stereocenters. The summed E-state index contributed by atoms with van der Waals surface area (Å²) in [7, 11) is 0. The van der Waals surface area contributed by atoms with Crippen molar-refractivity contribution in [1.82, 2.24) is 0 Å². The van der Waals surface area contributed by atoms with Crippen molar-refractivity contribution in [3.8, 4) is 0 Å². The van der Waals surface area contributed by atoms with Gasteiger partial charge in [0, 0.05) is 11.3 Å². The number of halogens is 2. The molecule has 0 spiro atoms. The van der Waals surface area contributed by atoms with Crippen molar-refractivity contribution < 1.29 is 9.18 Å². The number of anilines is 1. The van der Waals surface area contributed by atoms with Crippen LogP contribution in [-0.2, 0) is 10.2 Å². The first kappa shape index (κ1) is 9.65. The van der Waals surface area contributed by atoms with Gasteiger partial charge in [-0.3, -0.25) is 4.79 Å². The van der Waals surface area contributed by atoms with E-state index in [0.717, 1.165) is 0 Å². The molecule has 74 valence electrons. The van der Waals surface area contributed by atoms with E-state index in [0.29, 0.717) is 15.7 Å². The van der Waals surface area contributed by atoms with E-state index in [1.165, 1.54) is 0 Å². The second-order valence-electron chi connectivity index (χ2n) is 3.86. The predicted octanol–water partition coefficient (Wildman–Crippen LogP) is 2.82. The smallest absolute Gasteiger partial charge is 0.234 e. The summed E-state index contributed by atoms with van der Waals surface area (Å²) >= 11 is 3.11. The van der Waals surface area contributed by atoms with Crippen molar-refractivity contribution in [2.75, 3.05) is 5.32 Å². The third kappa shape index (κ3) is 1.10. The van der Waals surface area contributed by atoms with Crippen molar-refractivity contribution >= 4 is 27.5 Å². The Morgan fingerprint density at radius 1 is 1.43 bits per heavy atom. The SMILES string of the molecule is CC1(C)C(=O)Nc2ccc(Br)c(F)c21. The second-order valence-corrected chi connectivity index (χ2v) is 4.72. The largest absolute Gasteiger partial charge is 0.325 e. The van der Waals surface area contributed by atoms with E-state index in [-0.39, 0.29) is 11.7 Å². The van der Waals surface area contributed by atoms with Crippen molar-refractivity contribution in [3.63, 3.8) is 0 Å². The lowest BCUT2D eigenvalue weighted by molar-refractivity contribution is -0.119. The van der Waals surface area contributed by atoms with Crippen LogP contribution in [0.2, 0.25) is 0 Å². The first-order valence-corrected chi connectivity index (χ1v) is 5.04. The van der Waals surface area contributed by atoms with E-state index in [2.05, 4.69) is 21.2 Å².